The minimum atomic E-state index is -1.08. The number of aliphatic carboxylic acids is 3. The van der Waals surface area contributed by atoms with Gasteiger partial charge in [0.1, 0.15) is 0 Å². The molecule has 0 aromatic carbocycles. The maximum atomic E-state index is 11.0. The van der Waals surface area contributed by atoms with Crippen molar-refractivity contribution in [3.8, 4) is 0 Å². The molecule has 0 aliphatic carbocycles. The first-order chi connectivity index (χ1) is 16.8. The van der Waals surface area contributed by atoms with Gasteiger partial charge in [-0.3, -0.25) is 9.59 Å². The molecule has 0 bridgehead atoms. The summed E-state index contributed by atoms with van der Waals surface area (Å²) in [6.07, 6.45) is 20.8. The Hall–Kier alpha value is -1.89. The first kappa shape index (κ1) is 33.1. The van der Waals surface area contributed by atoms with E-state index >= 15 is 0 Å². The Morgan fingerprint density at radius 3 is 1.43 bits per heavy atom. The van der Waals surface area contributed by atoms with Crippen molar-refractivity contribution in [1.29, 1.82) is 0 Å². The Labute approximate surface area is 213 Å². The number of hydrogen-bond donors (Lipinski definition) is 2. The summed E-state index contributed by atoms with van der Waals surface area (Å²) in [6, 6.07) is 0. The molecule has 0 saturated heterocycles. The monoisotopic (exact) mass is 497 g/mol. The van der Waals surface area contributed by atoms with Crippen molar-refractivity contribution in [1.82, 2.24) is 0 Å². The van der Waals surface area contributed by atoms with E-state index in [1.54, 1.807) is 0 Å². The van der Waals surface area contributed by atoms with Crippen molar-refractivity contribution in [2.45, 2.75) is 122 Å². The first-order valence-corrected chi connectivity index (χ1v) is 13.9. The molecule has 0 atom stereocenters. The number of hydrogen-bond acceptors (Lipinski definition) is 4. The average molecular weight is 498 g/mol. The van der Waals surface area contributed by atoms with Gasteiger partial charge in [0.2, 0.25) is 0 Å². The molecule has 0 amide bonds. The van der Waals surface area contributed by atoms with Crippen LogP contribution in [0.2, 0.25) is 0 Å². The largest absolute Gasteiger partial charge is 0.550 e. The third-order valence-corrected chi connectivity index (χ3v) is 6.72. The molecular weight excluding hydrogens is 446 g/mol. The topological polar surface area (TPSA) is 115 Å². The number of allylic oxidation sites excluding steroid dienone is 2. The van der Waals surface area contributed by atoms with Crippen LogP contribution in [-0.2, 0) is 14.4 Å². The van der Waals surface area contributed by atoms with Gasteiger partial charge in [0, 0.05) is 25.2 Å². The minimum Gasteiger partial charge on any atom is -0.550 e. The minimum absolute atomic E-state index is 0.0205. The molecule has 0 rings (SSSR count). The van der Waals surface area contributed by atoms with Crippen molar-refractivity contribution in [3.05, 3.63) is 12.2 Å². The number of carbonyl (C=O) groups is 3. The number of rotatable bonds is 26. The summed E-state index contributed by atoms with van der Waals surface area (Å²) in [5.41, 5.74) is 0. The molecule has 0 aliphatic rings. The van der Waals surface area contributed by atoms with Gasteiger partial charge in [-0.05, 0) is 38.5 Å². The SMILES string of the molecule is CC/C=C/CCCCCCCCCCCC[N+](CCCC(=O)[O-])(CCCC(=O)O)CCCC(=O)O. The number of quaternary nitrogens is 1. The van der Waals surface area contributed by atoms with E-state index in [0.29, 0.717) is 43.4 Å². The molecule has 2 N–H and O–H groups in total. The lowest BCUT2D eigenvalue weighted by Gasteiger charge is -2.39. The molecule has 35 heavy (non-hydrogen) atoms. The zero-order chi connectivity index (χ0) is 26.2. The van der Waals surface area contributed by atoms with Crippen LogP contribution in [0.15, 0.2) is 12.2 Å². The zero-order valence-electron chi connectivity index (χ0n) is 22.2. The second kappa shape index (κ2) is 22.6. The van der Waals surface area contributed by atoms with E-state index in [1.165, 1.54) is 57.8 Å². The highest BCUT2D eigenvalue weighted by Crippen LogP contribution is 2.18. The molecular formula is C28H51NO6. The van der Waals surface area contributed by atoms with Crippen LogP contribution < -0.4 is 5.11 Å². The van der Waals surface area contributed by atoms with Crippen molar-refractivity contribution in [3.63, 3.8) is 0 Å². The van der Waals surface area contributed by atoms with Gasteiger partial charge in [0.25, 0.3) is 0 Å². The van der Waals surface area contributed by atoms with E-state index in [4.69, 9.17) is 10.2 Å². The van der Waals surface area contributed by atoms with Gasteiger partial charge >= 0.3 is 11.9 Å². The van der Waals surface area contributed by atoms with Crippen LogP contribution in [0.4, 0.5) is 0 Å². The third-order valence-electron chi connectivity index (χ3n) is 6.72. The maximum absolute atomic E-state index is 11.0. The van der Waals surface area contributed by atoms with E-state index in [0.717, 1.165) is 25.8 Å². The Bertz CT molecular complexity index is 540. The second-order valence-electron chi connectivity index (χ2n) is 9.91. The lowest BCUT2D eigenvalue weighted by Crippen LogP contribution is -2.51. The van der Waals surface area contributed by atoms with Gasteiger partial charge in [-0.1, -0.05) is 64.0 Å². The van der Waals surface area contributed by atoms with Gasteiger partial charge in [-0.15, -0.1) is 0 Å². The second-order valence-corrected chi connectivity index (χ2v) is 9.91. The highest BCUT2D eigenvalue weighted by molar-refractivity contribution is 5.66. The van der Waals surface area contributed by atoms with Crippen LogP contribution in [0.5, 0.6) is 0 Å². The smallest absolute Gasteiger partial charge is 0.303 e. The van der Waals surface area contributed by atoms with Crippen molar-refractivity contribution >= 4 is 17.9 Å². The van der Waals surface area contributed by atoms with Crippen molar-refractivity contribution < 1.29 is 34.2 Å². The first-order valence-electron chi connectivity index (χ1n) is 13.9. The number of carbonyl (C=O) groups excluding carboxylic acids is 1. The number of carboxylic acid groups (broad SMARTS) is 3. The molecule has 0 spiro atoms. The summed E-state index contributed by atoms with van der Waals surface area (Å²) in [7, 11) is 0. The number of unbranched alkanes of at least 4 members (excludes halogenated alkanes) is 10. The summed E-state index contributed by atoms with van der Waals surface area (Å²) in [5, 5.41) is 29.0. The summed E-state index contributed by atoms with van der Waals surface area (Å²) in [5.74, 6) is -2.75. The zero-order valence-corrected chi connectivity index (χ0v) is 22.2. The third kappa shape index (κ3) is 22.3. The predicted molar refractivity (Wildman–Crippen MR) is 138 cm³/mol. The summed E-state index contributed by atoms with van der Waals surface area (Å²) in [4.78, 5) is 32.9. The van der Waals surface area contributed by atoms with Gasteiger partial charge < -0.3 is 24.6 Å². The van der Waals surface area contributed by atoms with E-state index < -0.39 is 17.9 Å². The molecule has 0 radical (unpaired) electrons. The molecule has 0 heterocycles. The number of carboxylic acids is 3. The van der Waals surface area contributed by atoms with E-state index in [9.17, 15) is 19.5 Å². The van der Waals surface area contributed by atoms with Crippen LogP contribution in [0.1, 0.15) is 122 Å². The van der Waals surface area contributed by atoms with Crippen LogP contribution in [0, 0.1) is 0 Å². The highest BCUT2D eigenvalue weighted by Gasteiger charge is 2.26. The summed E-state index contributed by atoms with van der Waals surface area (Å²) in [6.45, 7) is 4.93. The quantitative estimate of drug-likeness (QED) is 0.0949. The van der Waals surface area contributed by atoms with E-state index in [1.807, 2.05) is 0 Å². The molecule has 7 heteroatoms. The fourth-order valence-electron chi connectivity index (χ4n) is 4.77. The molecule has 0 aliphatic heterocycles. The van der Waals surface area contributed by atoms with Crippen LogP contribution in [-0.4, -0.2) is 58.8 Å². The highest BCUT2D eigenvalue weighted by atomic mass is 16.4. The lowest BCUT2D eigenvalue weighted by molar-refractivity contribution is -0.929. The van der Waals surface area contributed by atoms with Gasteiger partial charge in [-0.25, -0.2) is 0 Å². The standard InChI is InChI=1S/C28H51NO6/c1-2-3-4-5-6-7-8-9-10-11-12-13-14-15-22-29(23-16-19-26(30)31,24-17-20-27(32)33)25-18-21-28(34)35/h3-4H,2,5-25H2,1H3,(H2-,30,31,32,33,34,35)/b4-3+. The van der Waals surface area contributed by atoms with Crippen LogP contribution >= 0.6 is 0 Å². The molecule has 7 nitrogen and oxygen atoms in total. The fourth-order valence-corrected chi connectivity index (χ4v) is 4.77. The van der Waals surface area contributed by atoms with Gasteiger partial charge in [-0.2, -0.15) is 0 Å². The Balaban J connectivity index is 4.37. The molecule has 0 fully saturated rings. The summed E-state index contributed by atoms with van der Waals surface area (Å²) >= 11 is 0. The van der Waals surface area contributed by atoms with Crippen LogP contribution in [0.25, 0.3) is 0 Å². The Morgan fingerprint density at radius 2 is 1.00 bits per heavy atom. The van der Waals surface area contributed by atoms with Gasteiger partial charge in [0.05, 0.1) is 39.0 Å². The normalized spacial score (nSPS) is 11.8. The van der Waals surface area contributed by atoms with Crippen molar-refractivity contribution in [2.75, 3.05) is 26.2 Å². The molecule has 0 unspecified atom stereocenters. The van der Waals surface area contributed by atoms with E-state index in [-0.39, 0.29) is 19.3 Å². The lowest BCUT2D eigenvalue weighted by atomic mass is 10.0. The van der Waals surface area contributed by atoms with Crippen molar-refractivity contribution in [2.24, 2.45) is 0 Å². The van der Waals surface area contributed by atoms with E-state index in [2.05, 4.69) is 19.1 Å². The maximum Gasteiger partial charge on any atom is 0.303 e. The van der Waals surface area contributed by atoms with Gasteiger partial charge in [0.15, 0.2) is 0 Å². The summed E-state index contributed by atoms with van der Waals surface area (Å²) < 4.78 is 0.612. The Morgan fingerprint density at radius 1 is 0.600 bits per heavy atom. The average Bonchev–Trinajstić information content (AvgIpc) is 2.78. The predicted octanol–water partition coefficient (Wildman–Crippen LogP) is 5.32. The molecule has 0 aromatic heterocycles. The molecule has 0 saturated carbocycles. The van der Waals surface area contributed by atoms with Crippen LogP contribution in [0.3, 0.4) is 0 Å². The Kier molecular flexibility index (Phi) is 21.3. The number of nitrogens with zero attached hydrogens (tertiary/aromatic N) is 1. The molecule has 0 aromatic rings. The molecule has 204 valence electrons. The fraction of sp³-hybridized carbons (Fsp3) is 0.821.